The molecule has 19 heavy (non-hydrogen) atoms. The van der Waals surface area contributed by atoms with E-state index in [1.807, 2.05) is 0 Å². The number of nitrogens with one attached hydrogen (secondary N) is 2. The molecule has 1 saturated heterocycles. The van der Waals surface area contributed by atoms with Gasteiger partial charge in [0.05, 0.1) is 12.4 Å². The first-order valence-electron chi connectivity index (χ1n) is 6.80. The Morgan fingerprint density at radius 3 is 2.74 bits per heavy atom. The summed E-state index contributed by atoms with van der Waals surface area (Å²) in [4.78, 5) is 11.4. The Kier molecular flexibility index (Phi) is 7.33. The van der Waals surface area contributed by atoms with Gasteiger partial charge < -0.3 is 10.1 Å². The molecule has 0 aliphatic carbocycles. The number of unbranched alkanes of at least 4 members (excludes halogenated alkanes) is 1. The molecule has 1 atom stereocenters. The minimum absolute atomic E-state index is 0.117. The molecule has 0 saturated carbocycles. The molecule has 0 radical (unpaired) electrons. The van der Waals surface area contributed by atoms with Crippen molar-refractivity contribution in [3.8, 4) is 0 Å². The number of amides is 1. The maximum Gasteiger partial charge on any atom is 0.221 e. The average Bonchev–Trinajstić information content (AvgIpc) is 2.79. The standard InChI is InChI=1S/C12H24N2O4S/c1-19(16,17)14-9-7-12(15)13-8-3-2-5-11-6-4-10-18-11/h11,14H,2-10H2,1H3,(H,13,15). The molecule has 2 N–H and O–H groups in total. The van der Waals surface area contributed by atoms with E-state index in [0.29, 0.717) is 12.6 Å². The average molecular weight is 292 g/mol. The van der Waals surface area contributed by atoms with Gasteiger partial charge in [0.15, 0.2) is 0 Å². The number of hydrogen-bond donors (Lipinski definition) is 2. The van der Waals surface area contributed by atoms with E-state index in [9.17, 15) is 13.2 Å². The van der Waals surface area contributed by atoms with Crippen LogP contribution in [0.25, 0.3) is 0 Å². The van der Waals surface area contributed by atoms with E-state index in [-0.39, 0.29) is 18.9 Å². The topological polar surface area (TPSA) is 84.5 Å². The predicted octanol–water partition coefficient (Wildman–Crippen LogP) is 0.391. The van der Waals surface area contributed by atoms with E-state index in [0.717, 1.165) is 45.0 Å². The summed E-state index contributed by atoms with van der Waals surface area (Å²) in [6.07, 6.45) is 7.03. The molecule has 1 rings (SSSR count). The number of carbonyl (C=O) groups excluding carboxylic acids is 1. The van der Waals surface area contributed by atoms with Gasteiger partial charge in [-0.15, -0.1) is 0 Å². The van der Waals surface area contributed by atoms with E-state index in [1.54, 1.807) is 0 Å². The molecule has 0 aromatic rings. The van der Waals surface area contributed by atoms with Crippen LogP contribution in [-0.4, -0.2) is 46.4 Å². The summed E-state index contributed by atoms with van der Waals surface area (Å²) in [6.45, 7) is 1.68. The fraction of sp³-hybridized carbons (Fsp3) is 0.917. The van der Waals surface area contributed by atoms with Gasteiger partial charge in [-0.2, -0.15) is 0 Å². The third-order valence-corrected chi connectivity index (χ3v) is 3.74. The Labute approximate surface area is 115 Å². The first-order valence-corrected chi connectivity index (χ1v) is 8.69. The minimum atomic E-state index is -3.20. The number of carbonyl (C=O) groups is 1. The highest BCUT2D eigenvalue weighted by atomic mass is 32.2. The van der Waals surface area contributed by atoms with Crippen molar-refractivity contribution >= 4 is 15.9 Å². The van der Waals surface area contributed by atoms with Crippen LogP contribution in [0.15, 0.2) is 0 Å². The van der Waals surface area contributed by atoms with Gasteiger partial charge in [0.1, 0.15) is 0 Å². The van der Waals surface area contributed by atoms with Gasteiger partial charge in [0.25, 0.3) is 0 Å². The molecule has 112 valence electrons. The summed E-state index contributed by atoms with van der Waals surface area (Å²) >= 11 is 0. The van der Waals surface area contributed by atoms with Crippen LogP contribution in [-0.2, 0) is 19.6 Å². The lowest BCUT2D eigenvalue weighted by atomic mass is 10.1. The van der Waals surface area contributed by atoms with Crippen LogP contribution >= 0.6 is 0 Å². The zero-order chi connectivity index (χ0) is 14.1. The van der Waals surface area contributed by atoms with Crippen molar-refractivity contribution in [3.63, 3.8) is 0 Å². The Bertz CT molecular complexity index is 364. The summed E-state index contributed by atoms with van der Waals surface area (Å²) in [5.41, 5.74) is 0. The SMILES string of the molecule is CS(=O)(=O)NCCC(=O)NCCCCC1CCCO1. The summed E-state index contributed by atoms with van der Waals surface area (Å²) < 4.78 is 29.4. The predicted molar refractivity (Wildman–Crippen MR) is 73.3 cm³/mol. The minimum Gasteiger partial charge on any atom is -0.378 e. The molecule has 0 bridgehead atoms. The lowest BCUT2D eigenvalue weighted by molar-refractivity contribution is -0.120. The molecule has 0 aromatic carbocycles. The summed E-state index contributed by atoms with van der Waals surface area (Å²) in [6, 6.07) is 0. The Hall–Kier alpha value is -0.660. The zero-order valence-corrected chi connectivity index (χ0v) is 12.3. The van der Waals surface area contributed by atoms with E-state index >= 15 is 0 Å². The fourth-order valence-corrected chi connectivity index (χ4v) is 2.51. The Balaban J connectivity index is 1.92. The van der Waals surface area contributed by atoms with Gasteiger partial charge in [-0.1, -0.05) is 0 Å². The van der Waals surface area contributed by atoms with Crippen LogP contribution in [0, 0.1) is 0 Å². The van der Waals surface area contributed by atoms with Crippen LogP contribution in [0.1, 0.15) is 38.5 Å². The normalized spacial score (nSPS) is 19.5. The quantitative estimate of drug-likeness (QED) is 0.602. The van der Waals surface area contributed by atoms with Gasteiger partial charge in [-0.05, 0) is 32.1 Å². The van der Waals surface area contributed by atoms with Gasteiger partial charge in [0, 0.05) is 26.1 Å². The second kappa shape index (κ2) is 8.50. The first kappa shape index (κ1) is 16.4. The Morgan fingerprint density at radius 1 is 1.32 bits per heavy atom. The number of ether oxygens (including phenoxy) is 1. The van der Waals surface area contributed by atoms with Crippen molar-refractivity contribution in [2.24, 2.45) is 0 Å². The molecule has 1 amide bonds. The second-order valence-corrected chi connectivity index (χ2v) is 6.73. The Morgan fingerprint density at radius 2 is 2.11 bits per heavy atom. The molecular formula is C12H24N2O4S. The number of sulfonamides is 1. The fourth-order valence-electron chi connectivity index (χ4n) is 2.04. The molecule has 1 heterocycles. The summed E-state index contributed by atoms with van der Waals surface area (Å²) in [7, 11) is -3.20. The van der Waals surface area contributed by atoms with Crippen molar-refractivity contribution in [3.05, 3.63) is 0 Å². The maximum absolute atomic E-state index is 11.4. The molecule has 7 heteroatoms. The molecule has 1 fully saturated rings. The van der Waals surface area contributed by atoms with Gasteiger partial charge in [0.2, 0.25) is 15.9 Å². The summed E-state index contributed by atoms with van der Waals surface area (Å²) in [5, 5.41) is 2.78. The largest absolute Gasteiger partial charge is 0.378 e. The molecule has 1 aliphatic heterocycles. The molecule has 0 aromatic heterocycles. The summed E-state index contributed by atoms with van der Waals surface area (Å²) in [5.74, 6) is -0.117. The van der Waals surface area contributed by atoms with E-state index in [4.69, 9.17) is 4.74 Å². The highest BCUT2D eigenvalue weighted by molar-refractivity contribution is 7.88. The van der Waals surface area contributed by atoms with Gasteiger partial charge >= 0.3 is 0 Å². The first-order chi connectivity index (χ1) is 8.97. The highest BCUT2D eigenvalue weighted by Crippen LogP contribution is 2.17. The van der Waals surface area contributed by atoms with Crippen LogP contribution in [0.4, 0.5) is 0 Å². The lowest BCUT2D eigenvalue weighted by Gasteiger charge is -2.09. The monoisotopic (exact) mass is 292 g/mol. The van der Waals surface area contributed by atoms with Crippen LogP contribution in [0.3, 0.4) is 0 Å². The van der Waals surface area contributed by atoms with Crippen molar-refractivity contribution < 1.29 is 17.9 Å². The third kappa shape index (κ3) is 8.96. The molecule has 1 unspecified atom stereocenters. The molecule has 6 nitrogen and oxygen atoms in total. The second-order valence-electron chi connectivity index (χ2n) is 4.90. The number of rotatable bonds is 9. The van der Waals surface area contributed by atoms with Crippen molar-refractivity contribution in [2.75, 3.05) is 26.0 Å². The third-order valence-electron chi connectivity index (χ3n) is 3.02. The maximum atomic E-state index is 11.4. The highest BCUT2D eigenvalue weighted by Gasteiger charge is 2.14. The van der Waals surface area contributed by atoms with Crippen LogP contribution in [0.2, 0.25) is 0 Å². The van der Waals surface area contributed by atoms with Crippen molar-refractivity contribution in [1.82, 2.24) is 10.0 Å². The van der Waals surface area contributed by atoms with Gasteiger partial charge in [-0.25, -0.2) is 13.1 Å². The van der Waals surface area contributed by atoms with Crippen molar-refractivity contribution in [1.29, 1.82) is 0 Å². The van der Waals surface area contributed by atoms with Crippen molar-refractivity contribution in [2.45, 2.75) is 44.6 Å². The van der Waals surface area contributed by atoms with E-state index in [2.05, 4.69) is 10.0 Å². The van der Waals surface area contributed by atoms with E-state index < -0.39 is 10.0 Å². The zero-order valence-electron chi connectivity index (χ0n) is 11.5. The molecule has 1 aliphatic rings. The van der Waals surface area contributed by atoms with Gasteiger partial charge in [-0.3, -0.25) is 4.79 Å². The van der Waals surface area contributed by atoms with Crippen LogP contribution in [0.5, 0.6) is 0 Å². The smallest absolute Gasteiger partial charge is 0.221 e. The lowest BCUT2D eigenvalue weighted by Crippen LogP contribution is -2.30. The molecular weight excluding hydrogens is 268 g/mol. The molecule has 0 spiro atoms. The number of hydrogen-bond acceptors (Lipinski definition) is 4. The van der Waals surface area contributed by atoms with Crippen LogP contribution < -0.4 is 10.0 Å². The van der Waals surface area contributed by atoms with E-state index in [1.165, 1.54) is 0 Å².